The zero-order chi connectivity index (χ0) is 15.2. The molecule has 0 spiro atoms. The van der Waals surface area contributed by atoms with Crippen LogP contribution in [0.4, 0.5) is 0 Å². The van der Waals surface area contributed by atoms with Crippen molar-refractivity contribution in [2.24, 2.45) is 0 Å². The van der Waals surface area contributed by atoms with Crippen molar-refractivity contribution in [2.75, 3.05) is 5.75 Å². The summed E-state index contributed by atoms with van der Waals surface area (Å²) >= 11 is 0. The van der Waals surface area contributed by atoms with Crippen LogP contribution in [0.3, 0.4) is 0 Å². The first-order valence-corrected chi connectivity index (χ1v) is 8.49. The molecule has 0 aliphatic carbocycles. The molecule has 0 heterocycles. The highest BCUT2D eigenvalue weighted by molar-refractivity contribution is 7.84. The van der Waals surface area contributed by atoms with Crippen molar-refractivity contribution in [3.05, 3.63) is 70.8 Å². The minimum Gasteiger partial charge on any atom is -0.298 e. The molecule has 21 heavy (non-hydrogen) atoms. The second-order valence-electron chi connectivity index (χ2n) is 5.43. The molecule has 2 nitrogen and oxygen atoms in total. The van der Waals surface area contributed by atoms with Gasteiger partial charge in [-0.25, -0.2) is 0 Å². The lowest BCUT2D eigenvalue weighted by Gasteiger charge is -2.05. The molecule has 0 saturated heterocycles. The molecule has 0 amide bonds. The minimum absolute atomic E-state index is 0.0314. The molecule has 0 aliphatic heterocycles. The summed E-state index contributed by atoms with van der Waals surface area (Å²) in [5.74, 6) is 0.606. The number of aryl methyl sites for hydroxylation is 2. The summed E-state index contributed by atoms with van der Waals surface area (Å²) in [7, 11) is -1.14. The van der Waals surface area contributed by atoms with E-state index in [4.69, 9.17) is 0 Å². The van der Waals surface area contributed by atoms with Crippen LogP contribution < -0.4 is 0 Å². The molecule has 3 heteroatoms. The van der Waals surface area contributed by atoms with Gasteiger partial charge in [0, 0.05) is 23.0 Å². The quantitative estimate of drug-likeness (QED) is 0.819. The van der Waals surface area contributed by atoms with E-state index in [0.29, 0.717) is 12.2 Å². The summed E-state index contributed by atoms with van der Waals surface area (Å²) < 4.78 is 12.1. The molecule has 0 bridgehead atoms. The van der Waals surface area contributed by atoms with Crippen molar-refractivity contribution in [3.8, 4) is 0 Å². The molecule has 0 radical (unpaired) electrons. The monoisotopic (exact) mass is 300 g/mol. The molecule has 110 valence electrons. The molecule has 1 unspecified atom stereocenters. The lowest BCUT2D eigenvalue weighted by Crippen LogP contribution is -2.14. The van der Waals surface area contributed by atoms with Gasteiger partial charge in [0.25, 0.3) is 0 Å². The van der Waals surface area contributed by atoms with Crippen LogP contribution in [0.2, 0.25) is 0 Å². The first kappa shape index (κ1) is 15.6. The molecule has 2 aromatic carbocycles. The highest BCUT2D eigenvalue weighted by atomic mass is 32.2. The summed E-state index contributed by atoms with van der Waals surface area (Å²) in [5, 5.41) is 0. The Labute approximate surface area is 128 Å². The van der Waals surface area contributed by atoms with Crippen molar-refractivity contribution in [1.82, 2.24) is 0 Å². The Balaban J connectivity index is 1.91. The summed E-state index contributed by atoms with van der Waals surface area (Å²) in [4.78, 5) is 12.0. The Morgan fingerprint density at radius 3 is 2.19 bits per heavy atom. The third-order valence-corrected chi connectivity index (χ3v) is 4.47. The van der Waals surface area contributed by atoms with Gasteiger partial charge in [-0.3, -0.25) is 9.00 Å². The number of rotatable bonds is 6. The third-order valence-electron chi connectivity index (χ3n) is 3.18. The molecule has 0 fully saturated rings. The normalized spacial score (nSPS) is 12.1. The fourth-order valence-electron chi connectivity index (χ4n) is 2.44. The van der Waals surface area contributed by atoms with Crippen molar-refractivity contribution in [2.45, 2.75) is 26.0 Å². The van der Waals surface area contributed by atoms with E-state index in [2.05, 4.69) is 6.07 Å². The fraction of sp³-hybridized carbons (Fsp3) is 0.278. The molecule has 2 aromatic rings. The van der Waals surface area contributed by atoms with Crippen LogP contribution in [0, 0.1) is 13.8 Å². The van der Waals surface area contributed by atoms with Crippen LogP contribution in [0.1, 0.15) is 22.3 Å². The Hall–Kier alpha value is -1.74. The lowest BCUT2D eigenvalue weighted by molar-refractivity contribution is -0.116. The Kier molecular flexibility index (Phi) is 5.45. The molecule has 2 rings (SSSR count). The van der Waals surface area contributed by atoms with Gasteiger partial charge in [0.05, 0.1) is 5.75 Å². The second kappa shape index (κ2) is 7.32. The smallest absolute Gasteiger partial charge is 0.149 e. The first-order chi connectivity index (χ1) is 10.0. The van der Waals surface area contributed by atoms with Gasteiger partial charge in [-0.15, -0.1) is 0 Å². The highest BCUT2D eigenvalue weighted by Gasteiger charge is 2.10. The summed E-state index contributed by atoms with van der Waals surface area (Å²) in [6, 6.07) is 15.7. The average molecular weight is 300 g/mol. The largest absolute Gasteiger partial charge is 0.298 e. The van der Waals surface area contributed by atoms with Gasteiger partial charge < -0.3 is 0 Å². The van der Waals surface area contributed by atoms with E-state index >= 15 is 0 Å². The van der Waals surface area contributed by atoms with Crippen LogP contribution in [0.15, 0.2) is 48.5 Å². The Morgan fingerprint density at radius 1 is 0.952 bits per heavy atom. The van der Waals surface area contributed by atoms with Gasteiger partial charge >= 0.3 is 0 Å². The Morgan fingerprint density at radius 2 is 1.57 bits per heavy atom. The van der Waals surface area contributed by atoms with E-state index in [1.807, 2.05) is 56.3 Å². The van der Waals surface area contributed by atoms with Gasteiger partial charge in [-0.1, -0.05) is 59.7 Å². The predicted molar refractivity (Wildman–Crippen MR) is 87.8 cm³/mol. The number of hydrogen-bond acceptors (Lipinski definition) is 2. The third kappa shape index (κ3) is 5.27. The van der Waals surface area contributed by atoms with Crippen LogP contribution in [0.25, 0.3) is 0 Å². The number of hydrogen-bond donors (Lipinski definition) is 0. The SMILES string of the molecule is Cc1cc(C)cc(CS(=O)CC(=O)Cc2ccccc2)c1. The summed E-state index contributed by atoms with van der Waals surface area (Å²) in [5.41, 5.74) is 4.35. The maximum atomic E-state index is 12.1. The van der Waals surface area contributed by atoms with E-state index in [-0.39, 0.29) is 11.5 Å². The average Bonchev–Trinajstić information content (AvgIpc) is 2.37. The van der Waals surface area contributed by atoms with Crippen LogP contribution in [0.5, 0.6) is 0 Å². The Bertz CT molecular complexity index is 627. The topological polar surface area (TPSA) is 34.1 Å². The van der Waals surface area contributed by atoms with Crippen molar-refractivity contribution in [3.63, 3.8) is 0 Å². The molecular weight excluding hydrogens is 280 g/mol. The van der Waals surface area contributed by atoms with Crippen molar-refractivity contribution < 1.29 is 9.00 Å². The number of ketones is 1. The number of carbonyl (C=O) groups is 1. The van der Waals surface area contributed by atoms with E-state index in [0.717, 1.165) is 22.3 Å². The fourth-order valence-corrected chi connectivity index (χ4v) is 3.55. The van der Waals surface area contributed by atoms with Crippen molar-refractivity contribution >= 4 is 16.6 Å². The maximum Gasteiger partial charge on any atom is 0.149 e. The van der Waals surface area contributed by atoms with Gasteiger partial charge in [0.2, 0.25) is 0 Å². The molecule has 0 aromatic heterocycles. The van der Waals surface area contributed by atoms with E-state index in [1.165, 1.54) is 0 Å². The molecule has 0 saturated carbocycles. The van der Waals surface area contributed by atoms with Gasteiger partial charge in [0.1, 0.15) is 5.78 Å². The van der Waals surface area contributed by atoms with Crippen LogP contribution in [-0.2, 0) is 27.8 Å². The zero-order valence-corrected chi connectivity index (χ0v) is 13.3. The van der Waals surface area contributed by atoms with E-state index < -0.39 is 10.8 Å². The molecule has 0 N–H and O–H groups in total. The van der Waals surface area contributed by atoms with Crippen LogP contribution >= 0.6 is 0 Å². The first-order valence-electron chi connectivity index (χ1n) is 7.01. The summed E-state index contributed by atoms with van der Waals surface area (Å²) in [6.45, 7) is 4.06. The molecule has 0 aliphatic rings. The second-order valence-corrected chi connectivity index (χ2v) is 6.88. The molecule has 1 atom stereocenters. The standard InChI is InChI=1S/C18H20O2S/c1-14-8-15(2)10-17(9-14)12-21(20)13-18(19)11-16-6-4-3-5-7-16/h3-10H,11-13H2,1-2H3. The highest BCUT2D eigenvalue weighted by Crippen LogP contribution is 2.11. The lowest BCUT2D eigenvalue weighted by atomic mass is 10.1. The number of benzene rings is 2. The van der Waals surface area contributed by atoms with E-state index in [9.17, 15) is 9.00 Å². The molecular formula is C18H20O2S. The number of carbonyl (C=O) groups excluding carboxylic acids is 1. The summed E-state index contributed by atoms with van der Waals surface area (Å²) in [6.07, 6.45) is 0.361. The maximum absolute atomic E-state index is 12.1. The van der Waals surface area contributed by atoms with Crippen molar-refractivity contribution in [1.29, 1.82) is 0 Å². The number of Topliss-reactive ketones (excluding diaryl/α,β-unsaturated/α-hetero) is 1. The van der Waals surface area contributed by atoms with E-state index in [1.54, 1.807) is 0 Å². The van der Waals surface area contributed by atoms with Gasteiger partial charge in [-0.2, -0.15) is 0 Å². The van der Waals surface area contributed by atoms with Crippen LogP contribution in [-0.4, -0.2) is 15.7 Å². The zero-order valence-electron chi connectivity index (χ0n) is 12.5. The van der Waals surface area contributed by atoms with Gasteiger partial charge in [-0.05, 0) is 25.0 Å². The minimum atomic E-state index is -1.14. The predicted octanol–water partition coefficient (Wildman–Crippen LogP) is 3.36. The van der Waals surface area contributed by atoms with Gasteiger partial charge in [0.15, 0.2) is 0 Å².